The van der Waals surface area contributed by atoms with E-state index in [-0.39, 0.29) is 12.0 Å². The van der Waals surface area contributed by atoms with E-state index >= 15 is 0 Å². The van der Waals surface area contributed by atoms with Crippen LogP contribution in [-0.4, -0.2) is 48.6 Å². The average molecular weight is 261 g/mol. The summed E-state index contributed by atoms with van der Waals surface area (Å²) in [5.74, 6) is -0.120. The van der Waals surface area contributed by atoms with Gasteiger partial charge in [-0.15, -0.1) is 0 Å². The van der Waals surface area contributed by atoms with E-state index in [2.05, 4.69) is 15.5 Å². The van der Waals surface area contributed by atoms with Crippen LogP contribution in [0.3, 0.4) is 0 Å². The van der Waals surface area contributed by atoms with Gasteiger partial charge in [0.25, 0.3) is 5.91 Å². The molecule has 0 spiro atoms. The summed E-state index contributed by atoms with van der Waals surface area (Å²) in [7, 11) is 0. The van der Waals surface area contributed by atoms with Crippen molar-refractivity contribution in [3.05, 3.63) is 30.0 Å². The third kappa shape index (κ3) is 2.74. The maximum Gasteiger partial charge on any atom is 0.251 e. The van der Waals surface area contributed by atoms with Gasteiger partial charge >= 0.3 is 0 Å². The van der Waals surface area contributed by atoms with Crippen molar-refractivity contribution in [2.24, 2.45) is 0 Å². The second-order valence-corrected chi connectivity index (χ2v) is 4.45. The molecule has 2 N–H and O–H groups in total. The van der Waals surface area contributed by atoms with Gasteiger partial charge in [-0.1, -0.05) is 6.07 Å². The molecule has 1 atom stereocenters. The van der Waals surface area contributed by atoms with E-state index in [1.807, 2.05) is 6.07 Å². The van der Waals surface area contributed by atoms with Crippen LogP contribution in [0, 0.1) is 0 Å². The van der Waals surface area contributed by atoms with Crippen LogP contribution < -0.4 is 5.32 Å². The molecular weight excluding hydrogens is 246 g/mol. The standard InChI is InChI=1S/C13H15N3O3/c17-13(14-7-11-8-18-3-4-19-11)9-1-2-10-6-15-16-12(10)5-9/h1-2,5-6,11H,3-4,7-8H2,(H,14,17)(H,15,16). The van der Waals surface area contributed by atoms with Gasteiger partial charge < -0.3 is 14.8 Å². The minimum absolute atomic E-state index is 0.0615. The predicted molar refractivity (Wildman–Crippen MR) is 69.0 cm³/mol. The van der Waals surface area contributed by atoms with Crippen molar-refractivity contribution in [1.29, 1.82) is 0 Å². The highest BCUT2D eigenvalue weighted by Gasteiger charge is 2.15. The first kappa shape index (κ1) is 12.1. The van der Waals surface area contributed by atoms with E-state index < -0.39 is 0 Å². The molecule has 1 aliphatic heterocycles. The van der Waals surface area contributed by atoms with Crippen molar-refractivity contribution in [3.8, 4) is 0 Å². The molecule has 1 aromatic carbocycles. The number of rotatable bonds is 3. The second-order valence-electron chi connectivity index (χ2n) is 4.45. The van der Waals surface area contributed by atoms with Crippen molar-refractivity contribution in [1.82, 2.24) is 15.5 Å². The predicted octanol–water partition coefficient (Wildman–Crippen LogP) is 0.708. The highest BCUT2D eigenvalue weighted by atomic mass is 16.6. The number of nitrogens with zero attached hydrogens (tertiary/aromatic N) is 1. The van der Waals surface area contributed by atoms with Gasteiger partial charge in [-0.3, -0.25) is 9.89 Å². The third-order valence-electron chi connectivity index (χ3n) is 3.08. The van der Waals surface area contributed by atoms with Crippen molar-refractivity contribution in [2.75, 3.05) is 26.4 Å². The number of nitrogens with one attached hydrogen (secondary N) is 2. The topological polar surface area (TPSA) is 76.2 Å². The van der Waals surface area contributed by atoms with Gasteiger partial charge in [-0.2, -0.15) is 5.10 Å². The third-order valence-corrected chi connectivity index (χ3v) is 3.08. The molecule has 1 amide bonds. The largest absolute Gasteiger partial charge is 0.376 e. The van der Waals surface area contributed by atoms with Crippen LogP contribution >= 0.6 is 0 Å². The van der Waals surface area contributed by atoms with Gasteiger partial charge in [-0.05, 0) is 12.1 Å². The number of H-pyrrole nitrogens is 1. The molecule has 0 aliphatic carbocycles. The van der Waals surface area contributed by atoms with Crippen molar-refractivity contribution >= 4 is 16.8 Å². The molecule has 2 heterocycles. The zero-order valence-corrected chi connectivity index (χ0v) is 10.4. The summed E-state index contributed by atoms with van der Waals surface area (Å²) in [5, 5.41) is 10.6. The van der Waals surface area contributed by atoms with Crippen LogP contribution in [0.4, 0.5) is 0 Å². The molecule has 6 heteroatoms. The molecule has 100 valence electrons. The number of aromatic amines is 1. The first-order valence-electron chi connectivity index (χ1n) is 6.23. The molecule has 1 saturated heterocycles. The van der Waals surface area contributed by atoms with E-state index in [4.69, 9.17) is 9.47 Å². The summed E-state index contributed by atoms with van der Waals surface area (Å²) in [4.78, 5) is 12.0. The first-order chi connectivity index (χ1) is 9.33. The Hall–Kier alpha value is -1.92. The van der Waals surface area contributed by atoms with Crippen molar-refractivity contribution < 1.29 is 14.3 Å². The fourth-order valence-corrected chi connectivity index (χ4v) is 2.04. The fourth-order valence-electron chi connectivity index (χ4n) is 2.04. The highest BCUT2D eigenvalue weighted by molar-refractivity contribution is 5.97. The van der Waals surface area contributed by atoms with Crippen LogP contribution in [-0.2, 0) is 9.47 Å². The first-order valence-corrected chi connectivity index (χ1v) is 6.23. The summed E-state index contributed by atoms with van der Waals surface area (Å²) in [6.07, 6.45) is 1.66. The molecule has 19 heavy (non-hydrogen) atoms. The van der Waals surface area contributed by atoms with Crippen LogP contribution in [0.15, 0.2) is 24.4 Å². The normalized spacial score (nSPS) is 19.5. The number of carbonyl (C=O) groups is 1. The smallest absolute Gasteiger partial charge is 0.251 e. The van der Waals surface area contributed by atoms with E-state index in [1.54, 1.807) is 18.3 Å². The minimum atomic E-state index is -0.120. The zero-order valence-electron chi connectivity index (χ0n) is 10.4. The number of carbonyl (C=O) groups excluding carboxylic acids is 1. The number of ether oxygens (including phenoxy) is 2. The Morgan fingerprint density at radius 3 is 3.26 bits per heavy atom. The molecule has 0 bridgehead atoms. The fraction of sp³-hybridized carbons (Fsp3) is 0.385. The van der Waals surface area contributed by atoms with Crippen molar-refractivity contribution in [2.45, 2.75) is 6.10 Å². The van der Waals surface area contributed by atoms with Crippen molar-refractivity contribution in [3.63, 3.8) is 0 Å². The van der Waals surface area contributed by atoms with E-state index in [1.165, 1.54) is 0 Å². The molecule has 3 rings (SSSR count). The molecule has 2 aromatic rings. The maximum atomic E-state index is 12.0. The summed E-state index contributed by atoms with van der Waals surface area (Å²) in [6, 6.07) is 5.44. The van der Waals surface area contributed by atoms with Crippen LogP contribution in [0.2, 0.25) is 0 Å². The monoisotopic (exact) mass is 261 g/mol. The average Bonchev–Trinajstić information content (AvgIpc) is 2.93. The summed E-state index contributed by atoms with van der Waals surface area (Å²) >= 11 is 0. The molecular formula is C13H15N3O3. The number of aromatic nitrogens is 2. The summed E-state index contributed by atoms with van der Waals surface area (Å²) < 4.78 is 10.7. The quantitative estimate of drug-likeness (QED) is 0.853. The molecule has 6 nitrogen and oxygen atoms in total. The van der Waals surface area contributed by atoms with Gasteiger partial charge in [0.2, 0.25) is 0 Å². The van der Waals surface area contributed by atoms with Gasteiger partial charge in [-0.25, -0.2) is 0 Å². The SMILES string of the molecule is O=C(NCC1COCCO1)c1ccc2cn[nH]c2c1. The maximum absolute atomic E-state index is 12.0. The highest BCUT2D eigenvalue weighted by Crippen LogP contribution is 2.12. The van der Waals surface area contributed by atoms with Gasteiger partial charge in [0.15, 0.2) is 0 Å². The summed E-state index contributed by atoms with van der Waals surface area (Å²) in [6.45, 7) is 2.20. The summed E-state index contributed by atoms with van der Waals surface area (Å²) in [5.41, 5.74) is 1.46. The van der Waals surface area contributed by atoms with Crippen LogP contribution in [0.1, 0.15) is 10.4 Å². The Kier molecular flexibility index (Phi) is 3.43. The minimum Gasteiger partial charge on any atom is -0.376 e. The number of benzene rings is 1. The lowest BCUT2D eigenvalue weighted by molar-refractivity contribution is -0.0855. The Bertz CT molecular complexity index is 575. The lowest BCUT2D eigenvalue weighted by atomic mass is 10.1. The lowest BCUT2D eigenvalue weighted by Gasteiger charge is -2.23. The Balaban J connectivity index is 1.62. The van der Waals surface area contributed by atoms with Gasteiger partial charge in [0.1, 0.15) is 0 Å². The molecule has 1 aliphatic rings. The van der Waals surface area contributed by atoms with E-state index in [0.29, 0.717) is 31.9 Å². The Morgan fingerprint density at radius 2 is 2.42 bits per heavy atom. The Labute approximate surface area is 110 Å². The molecule has 0 radical (unpaired) electrons. The Morgan fingerprint density at radius 1 is 1.47 bits per heavy atom. The zero-order chi connectivity index (χ0) is 13.1. The molecule has 1 unspecified atom stereocenters. The van der Waals surface area contributed by atoms with Gasteiger partial charge in [0.05, 0.1) is 37.6 Å². The van der Waals surface area contributed by atoms with Crippen LogP contribution in [0.25, 0.3) is 10.9 Å². The number of fused-ring (bicyclic) bond motifs is 1. The van der Waals surface area contributed by atoms with Crippen LogP contribution in [0.5, 0.6) is 0 Å². The van der Waals surface area contributed by atoms with E-state index in [9.17, 15) is 4.79 Å². The number of hydrogen-bond acceptors (Lipinski definition) is 4. The lowest BCUT2D eigenvalue weighted by Crippen LogP contribution is -2.39. The molecule has 1 fully saturated rings. The number of hydrogen-bond donors (Lipinski definition) is 2. The number of amides is 1. The molecule has 1 aromatic heterocycles. The van der Waals surface area contributed by atoms with E-state index in [0.717, 1.165) is 10.9 Å². The molecule has 0 saturated carbocycles. The van der Waals surface area contributed by atoms with Gasteiger partial charge in [0, 0.05) is 17.5 Å². The second kappa shape index (κ2) is 5.38.